The Kier molecular flexibility index (Phi) is 7.70. The van der Waals surface area contributed by atoms with Gasteiger partial charge in [0.25, 0.3) is 0 Å². The lowest BCUT2D eigenvalue weighted by atomic mass is 9.95. The largest absolute Gasteiger partial charge is 0.264 e. The first kappa shape index (κ1) is 30.3. The van der Waals surface area contributed by atoms with Crippen molar-refractivity contribution in [2.75, 3.05) is 0 Å². The first-order chi connectivity index (χ1) is 25.2. The van der Waals surface area contributed by atoms with Gasteiger partial charge in [0.05, 0.1) is 23.0 Å². The normalized spacial score (nSPS) is 11.1. The zero-order valence-electron chi connectivity index (χ0n) is 27.4. The number of nitrogens with zero attached hydrogens (tertiary/aromatic N) is 4. The molecule has 0 aliphatic rings. The highest BCUT2D eigenvalue weighted by Crippen LogP contribution is 2.39. The molecule has 9 rings (SSSR count). The Morgan fingerprint density at radius 1 is 0.431 bits per heavy atom. The molecule has 0 aliphatic heterocycles. The van der Waals surface area contributed by atoms with Gasteiger partial charge in [-0.15, -0.1) is 11.3 Å². The number of benzene rings is 6. The van der Waals surface area contributed by atoms with Crippen LogP contribution in [0.5, 0.6) is 0 Å². The molecule has 3 heterocycles. The van der Waals surface area contributed by atoms with Crippen molar-refractivity contribution < 1.29 is 0 Å². The summed E-state index contributed by atoms with van der Waals surface area (Å²) < 4.78 is 2.29. The number of fused-ring (bicyclic) bond motifs is 3. The van der Waals surface area contributed by atoms with Crippen molar-refractivity contribution in [2.45, 2.75) is 0 Å². The maximum Gasteiger partial charge on any atom is 0.160 e. The van der Waals surface area contributed by atoms with Gasteiger partial charge in [-0.3, -0.25) is 4.98 Å². The molecule has 0 fully saturated rings. The Morgan fingerprint density at radius 2 is 0.980 bits per heavy atom. The summed E-state index contributed by atoms with van der Waals surface area (Å²) in [5.74, 6) is 0.650. The molecular weight excluding hydrogens is 641 g/mol. The predicted molar refractivity (Wildman–Crippen MR) is 210 cm³/mol. The van der Waals surface area contributed by atoms with E-state index >= 15 is 0 Å². The smallest absolute Gasteiger partial charge is 0.160 e. The molecule has 4 nitrogen and oxygen atoms in total. The molecule has 5 heteroatoms. The molecule has 0 atom stereocenters. The first-order valence-corrected chi connectivity index (χ1v) is 17.5. The molecule has 3 aromatic heterocycles. The van der Waals surface area contributed by atoms with Crippen LogP contribution in [0.4, 0.5) is 0 Å². The highest BCUT2D eigenvalue weighted by Gasteiger charge is 2.15. The number of rotatable bonds is 6. The molecule has 51 heavy (non-hydrogen) atoms. The van der Waals surface area contributed by atoms with Gasteiger partial charge in [-0.1, -0.05) is 109 Å². The van der Waals surface area contributed by atoms with Gasteiger partial charge in [-0.2, -0.15) is 5.26 Å². The third kappa shape index (κ3) is 5.95. The standard InChI is InChI=1S/C46H28N4S/c47-28-30-13-19-40-41-20-18-35(26-45(41)51-44(40)22-30)37-23-38(36-12-7-21-48-29-36)25-39(24-37)46-49-42(33-10-5-2-6-11-33)27-43(50-46)34-16-14-32(15-17-34)31-8-3-1-4-9-31/h1-27,29H. The fourth-order valence-corrected chi connectivity index (χ4v) is 7.78. The summed E-state index contributed by atoms with van der Waals surface area (Å²) in [7, 11) is 0. The van der Waals surface area contributed by atoms with Crippen molar-refractivity contribution in [3.63, 3.8) is 0 Å². The van der Waals surface area contributed by atoms with Gasteiger partial charge in [0.2, 0.25) is 0 Å². The van der Waals surface area contributed by atoms with Crippen molar-refractivity contribution in [3.8, 4) is 73.4 Å². The molecule has 0 bridgehead atoms. The van der Waals surface area contributed by atoms with Crippen LogP contribution in [0.3, 0.4) is 0 Å². The van der Waals surface area contributed by atoms with Crippen LogP contribution in [0.1, 0.15) is 5.56 Å². The van der Waals surface area contributed by atoms with Crippen molar-refractivity contribution >= 4 is 31.5 Å². The van der Waals surface area contributed by atoms with Crippen LogP contribution in [-0.2, 0) is 0 Å². The van der Waals surface area contributed by atoms with E-state index in [9.17, 15) is 5.26 Å². The van der Waals surface area contributed by atoms with Gasteiger partial charge in [0.15, 0.2) is 5.82 Å². The van der Waals surface area contributed by atoms with Crippen LogP contribution >= 0.6 is 11.3 Å². The van der Waals surface area contributed by atoms with Gasteiger partial charge >= 0.3 is 0 Å². The molecule has 0 N–H and O–H groups in total. The minimum atomic E-state index is 0.650. The van der Waals surface area contributed by atoms with E-state index in [1.54, 1.807) is 17.5 Å². The maximum absolute atomic E-state index is 9.46. The lowest BCUT2D eigenvalue weighted by Crippen LogP contribution is -1.97. The summed E-state index contributed by atoms with van der Waals surface area (Å²) in [4.78, 5) is 14.8. The van der Waals surface area contributed by atoms with E-state index in [1.807, 2.05) is 48.7 Å². The topological polar surface area (TPSA) is 62.5 Å². The summed E-state index contributed by atoms with van der Waals surface area (Å²) in [5, 5.41) is 11.8. The SMILES string of the molecule is N#Cc1ccc2c(c1)sc1cc(-c3cc(-c4cccnc4)cc(-c4nc(-c5ccccc5)cc(-c5ccc(-c6ccccc6)cc5)n4)c3)ccc12. The summed E-state index contributed by atoms with van der Waals surface area (Å²) in [6, 6.07) is 56.8. The van der Waals surface area contributed by atoms with Gasteiger partial charge in [-0.05, 0) is 76.3 Å². The number of hydrogen-bond donors (Lipinski definition) is 0. The molecule has 0 aliphatic carbocycles. The van der Waals surface area contributed by atoms with Crippen LogP contribution in [-0.4, -0.2) is 15.0 Å². The summed E-state index contributed by atoms with van der Waals surface area (Å²) in [5.41, 5.74) is 11.9. The van der Waals surface area contributed by atoms with Crippen molar-refractivity contribution in [1.29, 1.82) is 5.26 Å². The minimum Gasteiger partial charge on any atom is -0.264 e. The maximum atomic E-state index is 9.46. The molecule has 0 spiro atoms. The highest BCUT2D eigenvalue weighted by atomic mass is 32.1. The third-order valence-corrected chi connectivity index (χ3v) is 10.3. The number of pyridine rings is 1. The van der Waals surface area contributed by atoms with Gasteiger partial charge in [0, 0.05) is 54.8 Å². The van der Waals surface area contributed by atoms with Gasteiger partial charge in [0.1, 0.15) is 0 Å². The molecule has 6 aromatic carbocycles. The Bertz CT molecular complexity index is 2730. The van der Waals surface area contributed by atoms with Crippen LogP contribution in [0.15, 0.2) is 170 Å². The second-order valence-electron chi connectivity index (χ2n) is 12.4. The van der Waals surface area contributed by atoms with Crippen molar-refractivity contribution in [3.05, 3.63) is 176 Å². The molecular formula is C46H28N4S. The lowest BCUT2D eigenvalue weighted by molar-refractivity contribution is 1.18. The van der Waals surface area contributed by atoms with Gasteiger partial charge < -0.3 is 0 Å². The zero-order valence-corrected chi connectivity index (χ0v) is 28.2. The second kappa shape index (κ2) is 12.9. The molecule has 0 saturated carbocycles. The van der Waals surface area contributed by atoms with Gasteiger partial charge in [-0.25, -0.2) is 9.97 Å². The van der Waals surface area contributed by atoms with Crippen LogP contribution in [0.2, 0.25) is 0 Å². The Morgan fingerprint density at radius 3 is 1.67 bits per heavy atom. The first-order valence-electron chi connectivity index (χ1n) is 16.7. The summed E-state index contributed by atoms with van der Waals surface area (Å²) in [6.07, 6.45) is 3.69. The minimum absolute atomic E-state index is 0.650. The number of thiophene rings is 1. The molecule has 0 radical (unpaired) electrons. The quantitative estimate of drug-likeness (QED) is 0.177. The van der Waals surface area contributed by atoms with Crippen molar-refractivity contribution in [1.82, 2.24) is 15.0 Å². The molecule has 0 unspecified atom stereocenters. The lowest BCUT2D eigenvalue weighted by Gasteiger charge is -2.13. The van der Waals surface area contributed by atoms with E-state index in [0.717, 1.165) is 60.6 Å². The second-order valence-corrected chi connectivity index (χ2v) is 13.5. The molecule has 0 saturated heterocycles. The molecule has 238 valence electrons. The van der Waals surface area contributed by atoms with E-state index in [4.69, 9.17) is 9.97 Å². The monoisotopic (exact) mass is 668 g/mol. The van der Waals surface area contributed by atoms with Crippen LogP contribution < -0.4 is 0 Å². The highest BCUT2D eigenvalue weighted by molar-refractivity contribution is 7.25. The van der Waals surface area contributed by atoms with E-state index in [2.05, 4.69) is 126 Å². The van der Waals surface area contributed by atoms with Crippen LogP contribution in [0, 0.1) is 11.3 Å². The van der Waals surface area contributed by atoms with Crippen LogP contribution in [0.25, 0.3) is 87.5 Å². The summed E-state index contributed by atoms with van der Waals surface area (Å²) in [6.45, 7) is 0. The Labute approximate surface area is 299 Å². The van der Waals surface area contributed by atoms with E-state index in [0.29, 0.717) is 11.4 Å². The zero-order chi connectivity index (χ0) is 34.1. The fourth-order valence-electron chi connectivity index (χ4n) is 6.59. The predicted octanol–water partition coefficient (Wildman–Crippen LogP) is 12.1. The van der Waals surface area contributed by atoms with E-state index in [1.165, 1.54) is 21.0 Å². The average Bonchev–Trinajstić information content (AvgIpc) is 3.58. The average molecular weight is 669 g/mol. The molecule has 0 amide bonds. The third-order valence-electron chi connectivity index (χ3n) is 9.21. The van der Waals surface area contributed by atoms with E-state index in [-0.39, 0.29) is 0 Å². The van der Waals surface area contributed by atoms with E-state index < -0.39 is 0 Å². The fraction of sp³-hybridized carbons (Fsp3) is 0. The summed E-state index contributed by atoms with van der Waals surface area (Å²) >= 11 is 1.71. The number of aromatic nitrogens is 3. The Balaban J connectivity index is 1.21. The molecule has 9 aromatic rings. The number of hydrogen-bond acceptors (Lipinski definition) is 5. The Hall–Kier alpha value is -6.74. The van der Waals surface area contributed by atoms with Crippen molar-refractivity contribution in [2.24, 2.45) is 0 Å². The number of nitriles is 1.